The van der Waals surface area contributed by atoms with Crippen molar-refractivity contribution >= 4 is 41.8 Å². The monoisotopic (exact) mass is 395 g/mol. The number of hydrogen-bond acceptors (Lipinski definition) is 1. The molecule has 2 nitrogen and oxygen atoms in total. The number of pyridine rings is 1. The SMILES string of the molecule is CCN(CC)c1ccc(/C=C/c2cc[n+](C)cc2)cc1.I. The molecule has 0 aliphatic carbocycles. The normalized spacial score (nSPS) is 10.4. The van der Waals surface area contributed by atoms with Crippen molar-refractivity contribution in [2.75, 3.05) is 18.0 Å². The van der Waals surface area contributed by atoms with Gasteiger partial charge in [-0.05, 0) is 37.1 Å². The molecule has 0 amide bonds. The average molecular weight is 395 g/mol. The fourth-order valence-corrected chi connectivity index (χ4v) is 2.20. The highest BCUT2D eigenvalue weighted by Gasteiger charge is 2.00. The van der Waals surface area contributed by atoms with E-state index in [2.05, 4.69) is 79.7 Å². The van der Waals surface area contributed by atoms with Crippen molar-refractivity contribution in [3.8, 4) is 0 Å². The van der Waals surface area contributed by atoms with E-state index in [-0.39, 0.29) is 24.0 Å². The van der Waals surface area contributed by atoms with Crippen molar-refractivity contribution in [2.24, 2.45) is 7.05 Å². The average Bonchev–Trinajstić information content (AvgIpc) is 2.49. The predicted molar refractivity (Wildman–Crippen MR) is 102 cm³/mol. The highest BCUT2D eigenvalue weighted by molar-refractivity contribution is 14.0. The molecule has 21 heavy (non-hydrogen) atoms. The summed E-state index contributed by atoms with van der Waals surface area (Å²) < 4.78 is 2.04. The zero-order valence-electron chi connectivity index (χ0n) is 13.0. The summed E-state index contributed by atoms with van der Waals surface area (Å²) in [5.74, 6) is 0. The predicted octanol–water partition coefficient (Wildman–Crippen LogP) is 4.15. The van der Waals surface area contributed by atoms with Gasteiger partial charge in [0.05, 0.1) is 0 Å². The van der Waals surface area contributed by atoms with Crippen LogP contribution in [0.15, 0.2) is 48.8 Å². The molecule has 0 aliphatic rings. The highest BCUT2D eigenvalue weighted by Crippen LogP contribution is 2.16. The Morgan fingerprint density at radius 1 is 0.857 bits per heavy atom. The second kappa shape index (κ2) is 8.82. The molecule has 0 unspecified atom stereocenters. The molecule has 0 saturated carbocycles. The summed E-state index contributed by atoms with van der Waals surface area (Å²) in [4.78, 5) is 2.35. The lowest BCUT2D eigenvalue weighted by Crippen LogP contribution is -2.25. The summed E-state index contributed by atoms with van der Waals surface area (Å²) >= 11 is 0. The van der Waals surface area contributed by atoms with Gasteiger partial charge in [0.15, 0.2) is 12.4 Å². The van der Waals surface area contributed by atoms with Crippen molar-refractivity contribution in [1.82, 2.24) is 0 Å². The van der Waals surface area contributed by atoms with E-state index in [4.69, 9.17) is 0 Å². The zero-order chi connectivity index (χ0) is 14.4. The van der Waals surface area contributed by atoms with Crippen molar-refractivity contribution in [2.45, 2.75) is 13.8 Å². The van der Waals surface area contributed by atoms with Gasteiger partial charge in [-0.15, -0.1) is 24.0 Å². The standard InChI is InChI=1S/C18H23N2.HI/c1-4-20(5-2)18-10-8-16(9-11-18)6-7-17-12-14-19(3)15-13-17;/h6-15H,4-5H2,1-3H3;1H/q+1;. The molecule has 0 atom stereocenters. The minimum Gasteiger partial charge on any atom is -0.372 e. The maximum Gasteiger partial charge on any atom is 0.169 e. The lowest BCUT2D eigenvalue weighted by atomic mass is 10.1. The van der Waals surface area contributed by atoms with Crippen LogP contribution in [0, 0.1) is 0 Å². The fraction of sp³-hybridized carbons (Fsp3) is 0.278. The van der Waals surface area contributed by atoms with Crippen LogP contribution in [-0.4, -0.2) is 13.1 Å². The van der Waals surface area contributed by atoms with E-state index in [1.165, 1.54) is 16.8 Å². The first-order valence-electron chi connectivity index (χ1n) is 7.21. The van der Waals surface area contributed by atoms with Crippen LogP contribution in [0.1, 0.15) is 25.0 Å². The minimum absolute atomic E-state index is 0. The molecule has 1 heterocycles. The largest absolute Gasteiger partial charge is 0.372 e. The molecular formula is C18H24IN2+. The van der Waals surface area contributed by atoms with Crippen LogP contribution in [-0.2, 0) is 7.05 Å². The topological polar surface area (TPSA) is 7.12 Å². The Morgan fingerprint density at radius 3 is 1.81 bits per heavy atom. The number of anilines is 1. The van der Waals surface area contributed by atoms with Crippen LogP contribution in [0.4, 0.5) is 5.69 Å². The third kappa shape index (κ3) is 5.16. The fourth-order valence-electron chi connectivity index (χ4n) is 2.20. The van der Waals surface area contributed by atoms with Gasteiger partial charge in [-0.1, -0.05) is 24.3 Å². The number of rotatable bonds is 5. The molecule has 2 rings (SSSR count). The molecular weight excluding hydrogens is 371 g/mol. The molecule has 0 aliphatic heterocycles. The first-order valence-corrected chi connectivity index (χ1v) is 7.21. The van der Waals surface area contributed by atoms with E-state index < -0.39 is 0 Å². The van der Waals surface area contributed by atoms with E-state index in [0.717, 1.165) is 13.1 Å². The van der Waals surface area contributed by atoms with Gasteiger partial charge in [-0.25, -0.2) is 4.57 Å². The molecule has 2 aromatic rings. The Kier molecular flexibility index (Phi) is 7.43. The van der Waals surface area contributed by atoms with Crippen LogP contribution in [0.25, 0.3) is 12.2 Å². The summed E-state index contributed by atoms with van der Waals surface area (Å²) in [7, 11) is 2.03. The molecule has 112 valence electrons. The van der Waals surface area contributed by atoms with Crippen LogP contribution >= 0.6 is 24.0 Å². The third-order valence-corrected chi connectivity index (χ3v) is 3.49. The van der Waals surface area contributed by atoms with Crippen LogP contribution in [0.3, 0.4) is 0 Å². The zero-order valence-corrected chi connectivity index (χ0v) is 15.3. The van der Waals surface area contributed by atoms with E-state index >= 15 is 0 Å². The summed E-state index contributed by atoms with van der Waals surface area (Å²) in [6, 6.07) is 13.0. The van der Waals surface area contributed by atoms with Crippen molar-refractivity contribution in [1.29, 1.82) is 0 Å². The molecule has 0 bridgehead atoms. The van der Waals surface area contributed by atoms with Gasteiger partial charge in [0.25, 0.3) is 0 Å². The van der Waals surface area contributed by atoms with Gasteiger partial charge >= 0.3 is 0 Å². The summed E-state index contributed by atoms with van der Waals surface area (Å²) in [6.45, 7) is 6.47. The second-order valence-corrected chi connectivity index (χ2v) is 4.89. The van der Waals surface area contributed by atoms with Gasteiger partial charge < -0.3 is 4.90 Å². The lowest BCUT2D eigenvalue weighted by Gasteiger charge is -2.20. The molecule has 1 aromatic heterocycles. The highest BCUT2D eigenvalue weighted by atomic mass is 127. The molecule has 0 fully saturated rings. The number of aromatic nitrogens is 1. The van der Waals surface area contributed by atoms with Gasteiger partial charge in [0.2, 0.25) is 0 Å². The van der Waals surface area contributed by atoms with E-state index in [0.29, 0.717) is 0 Å². The summed E-state index contributed by atoms with van der Waals surface area (Å²) in [6.07, 6.45) is 8.42. The van der Waals surface area contributed by atoms with E-state index in [9.17, 15) is 0 Å². The van der Waals surface area contributed by atoms with Crippen molar-refractivity contribution < 1.29 is 4.57 Å². The van der Waals surface area contributed by atoms with Crippen molar-refractivity contribution in [3.63, 3.8) is 0 Å². The number of halogens is 1. The van der Waals surface area contributed by atoms with Gasteiger partial charge in [0, 0.05) is 30.9 Å². The first kappa shape index (κ1) is 17.7. The van der Waals surface area contributed by atoms with E-state index in [1.54, 1.807) is 0 Å². The lowest BCUT2D eigenvalue weighted by molar-refractivity contribution is -0.671. The molecule has 1 aromatic carbocycles. The number of aryl methyl sites for hydroxylation is 1. The van der Waals surface area contributed by atoms with Crippen LogP contribution < -0.4 is 9.47 Å². The molecule has 0 spiro atoms. The molecule has 3 heteroatoms. The van der Waals surface area contributed by atoms with Crippen LogP contribution in [0.5, 0.6) is 0 Å². The Balaban J connectivity index is 0.00000220. The number of nitrogens with zero attached hydrogens (tertiary/aromatic N) is 2. The van der Waals surface area contributed by atoms with Crippen LogP contribution in [0.2, 0.25) is 0 Å². The third-order valence-electron chi connectivity index (χ3n) is 3.49. The Labute approximate surface area is 145 Å². The summed E-state index contributed by atoms with van der Waals surface area (Å²) in [5, 5.41) is 0. The maximum absolute atomic E-state index is 2.35. The second-order valence-electron chi connectivity index (χ2n) is 4.89. The number of benzene rings is 1. The maximum atomic E-state index is 2.35. The van der Waals surface area contributed by atoms with Gasteiger partial charge in [-0.2, -0.15) is 0 Å². The minimum atomic E-state index is 0. The Hall–Kier alpha value is -1.36. The molecule has 0 saturated heterocycles. The summed E-state index contributed by atoms with van der Waals surface area (Å²) in [5.41, 5.74) is 3.74. The quantitative estimate of drug-likeness (QED) is 0.545. The van der Waals surface area contributed by atoms with Gasteiger partial charge in [0.1, 0.15) is 7.05 Å². The molecule has 0 radical (unpaired) electrons. The van der Waals surface area contributed by atoms with Crippen molar-refractivity contribution in [3.05, 3.63) is 59.9 Å². The Bertz CT molecular complexity index is 555. The Morgan fingerprint density at radius 2 is 1.33 bits per heavy atom. The van der Waals surface area contributed by atoms with Gasteiger partial charge in [-0.3, -0.25) is 0 Å². The molecule has 0 N–H and O–H groups in total. The van der Waals surface area contributed by atoms with E-state index in [1.807, 2.05) is 11.6 Å². The first-order chi connectivity index (χ1) is 9.72. The number of hydrogen-bond donors (Lipinski definition) is 0. The smallest absolute Gasteiger partial charge is 0.169 e.